The van der Waals surface area contributed by atoms with Crippen molar-refractivity contribution in [1.82, 2.24) is 10.2 Å². The minimum atomic E-state index is -0.249. The van der Waals surface area contributed by atoms with Crippen molar-refractivity contribution < 1.29 is 13.9 Å². The second-order valence-electron chi connectivity index (χ2n) is 3.20. The van der Waals surface area contributed by atoms with Crippen LogP contribution in [0.1, 0.15) is 30.9 Å². The molecule has 78 valence electrons. The molecule has 0 aliphatic carbocycles. The van der Waals surface area contributed by atoms with Gasteiger partial charge in [0.2, 0.25) is 11.8 Å². The Kier molecular flexibility index (Phi) is 2.76. The van der Waals surface area contributed by atoms with Crippen LogP contribution < -0.4 is 5.73 Å². The molecule has 2 rings (SSSR count). The van der Waals surface area contributed by atoms with Crippen molar-refractivity contribution in [3.63, 3.8) is 0 Å². The molecule has 1 aliphatic heterocycles. The fourth-order valence-electron chi connectivity index (χ4n) is 1.19. The molecule has 2 heterocycles. The number of rotatable bonds is 2. The van der Waals surface area contributed by atoms with Crippen LogP contribution in [-0.4, -0.2) is 30.0 Å². The molecule has 0 saturated carbocycles. The first kappa shape index (κ1) is 9.57. The molecule has 0 radical (unpaired) electrons. The maximum atomic E-state index is 5.59. The topological polar surface area (TPSA) is 83.4 Å². The normalized spacial score (nSPS) is 24.9. The molecule has 14 heavy (non-hydrogen) atoms. The van der Waals surface area contributed by atoms with E-state index < -0.39 is 0 Å². The van der Waals surface area contributed by atoms with Gasteiger partial charge in [-0.05, 0) is 6.92 Å². The van der Waals surface area contributed by atoms with E-state index in [-0.39, 0.29) is 12.1 Å². The third kappa shape index (κ3) is 1.92. The standard InChI is InChI=1S/C8H13N3O3/c1-5(9)7-10-11-8(14-7)6-4-12-2-3-13-6/h5-6H,2-4,9H2,1H3. The number of hydrogen-bond acceptors (Lipinski definition) is 6. The first-order valence-electron chi connectivity index (χ1n) is 4.55. The van der Waals surface area contributed by atoms with E-state index in [0.717, 1.165) is 0 Å². The van der Waals surface area contributed by atoms with Gasteiger partial charge in [-0.3, -0.25) is 0 Å². The van der Waals surface area contributed by atoms with E-state index in [1.54, 1.807) is 6.92 Å². The smallest absolute Gasteiger partial charge is 0.247 e. The number of aromatic nitrogens is 2. The van der Waals surface area contributed by atoms with Gasteiger partial charge in [-0.1, -0.05) is 0 Å². The van der Waals surface area contributed by atoms with Gasteiger partial charge in [0.25, 0.3) is 0 Å². The fourth-order valence-corrected chi connectivity index (χ4v) is 1.19. The van der Waals surface area contributed by atoms with Crippen LogP contribution in [-0.2, 0) is 9.47 Å². The van der Waals surface area contributed by atoms with Gasteiger partial charge < -0.3 is 19.6 Å². The minimum absolute atomic E-state index is 0.247. The third-order valence-electron chi connectivity index (χ3n) is 1.94. The highest BCUT2D eigenvalue weighted by molar-refractivity contribution is 4.90. The molecular weight excluding hydrogens is 186 g/mol. The quantitative estimate of drug-likeness (QED) is 0.731. The fraction of sp³-hybridized carbons (Fsp3) is 0.750. The number of nitrogens with zero attached hydrogens (tertiary/aromatic N) is 2. The summed E-state index contributed by atoms with van der Waals surface area (Å²) in [5.74, 6) is 0.867. The molecule has 1 aromatic rings. The molecule has 0 aromatic carbocycles. The van der Waals surface area contributed by atoms with Crippen LogP contribution in [0.2, 0.25) is 0 Å². The van der Waals surface area contributed by atoms with Crippen molar-refractivity contribution in [2.45, 2.75) is 19.1 Å². The summed E-state index contributed by atoms with van der Waals surface area (Å²) in [6.45, 7) is 3.42. The first-order chi connectivity index (χ1) is 6.77. The average Bonchev–Trinajstić information content (AvgIpc) is 2.68. The Bertz CT molecular complexity index is 294. The van der Waals surface area contributed by atoms with Crippen LogP contribution in [0, 0.1) is 0 Å². The highest BCUT2D eigenvalue weighted by atomic mass is 16.6. The Hall–Kier alpha value is -0.980. The largest absolute Gasteiger partial charge is 0.421 e. The van der Waals surface area contributed by atoms with Gasteiger partial charge in [-0.25, -0.2) is 0 Å². The summed E-state index contributed by atoms with van der Waals surface area (Å²) in [6.07, 6.45) is -0.247. The molecule has 1 saturated heterocycles. The van der Waals surface area contributed by atoms with Crippen LogP contribution >= 0.6 is 0 Å². The van der Waals surface area contributed by atoms with Gasteiger partial charge in [0.15, 0.2) is 6.10 Å². The molecule has 2 unspecified atom stereocenters. The second-order valence-corrected chi connectivity index (χ2v) is 3.20. The zero-order valence-corrected chi connectivity index (χ0v) is 7.97. The summed E-state index contributed by atoms with van der Waals surface area (Å²) >= 11 is 0. The second kappa shape index (κ2) is 4.04. The summed E-state index contributed by atoms with van der Waals surface area (Å²) in [5, 5.41) is 7.67. The van der Waals surface area contributed by atoms with Crippen molar-refractivity contribution in [2.24, 2.45) is 5.73 Å². The summed E-state index contributed by atoms with van der Waals surface area (Å²) in [4.78, 5) is 0. The molecule has 0 bridgehead atoms. The molecule has 6 nitrogen and oxygen atoms in total. The van der Waals surface area contributed by atoms with Gasteiger partial charge in [-0.2, -0.15) is 0 Å². The van der Waals surface area contributed by atoms with E-state index in [2.05, 4.69) is 10.2 Å². The van der Waals surface area contributed by atoms with Crippen molar-refractivity contribution >= 4 is 0 Å². The lowest BCUT2D eigenvalue weighted by Gasteiger charge is -2.19. The lowest BCUT2D eigenvalue weighted by molar-refractivity contribution is -0.0999. The average molecular weight is 199 g/mol. The molecule has 1 fully saturated rings. The van der Waals surface area contributed by atoms with E-state index in [1.165, 1.54) is 0 Å². The maximum absolute atomic E-state index is 5.59. The molecular formula is C8H13N3O3. The Morgan fingerprint density at radius 2 is 2.29 bits per heavy atom. The van der Waals surface area contributed by atoms with Gasteiger partial charge >= 0.3 is 0 Å². The molecule has 6 heteroatoms. The maximum Gasteiger partial charge on any atom is 0.247 e. The molecule has 0 amide bonds. The van der Waals surface area contributed by atoms with Gasteiger partial charge in [0, 0.05) is 0 Å². The van der Waals surface area contributed by atoms with Gasteiger partial charge in [-0.15, -0.1) is 10.2 Å². The van der Waals surface area contributed by atoms with E-state index in [4.69, 9.17) is 19.6 Å². The van der Waals surface area contributed by atoms with Crippen LogP contribution in [0.15, 0.2) is 4.42 Å². The predicted octanol–water partition coefficient (Wildman–Crippen LogP) is 0.177. The van der Waals surface area contributed by atoms with Gasteiger partial charge in [0.05, 0.1) is 25.9 Å². The SMILES string of the molecule is CC(N)c1nnc(C2COCCO2)o1. The zero-order valence-electron chi connectivity index (χ0n) is 7.97. The molecule has 1 aromatic heterocycles. The summed E-state index contributed by atoms with van der Waals surface area (Å²) in [7, 11) is 0. The minimum Gasteiger partial charge on any atom is -0.421 e. The van der Waals surface area contributed by atoms with Crippen LogP contribution in [0.25, 0.3) is 0 Å². The third-order valence-corrected chi connectivity index (χ3v) is 1.94. The van der Waals surface area contributed by atoms with E-state index in [0.29, 0.717) is 31.6 Å². The van der Waals surface area contributed by atoms with E-state index in [1.807, 2.05) is 0 Å². The lowest BCUT2D eigenvalue weighted by Crippen LogP contribution is -2.22. The number of hydrogen-bond donors (Lipinski definition) is 1. The molecule has 0 spiro atoms. The zero-order chi connectivity index (χ0) is 9.97. The van der Waals surface area contributed by atoms with E-state index >= 15 is 0 Å². The van der Waals surface area contributed by atoms with Crippen molar-refractivity contribution in [1.29, 1.82) is 0 Å². The lowest BCUT2D eigenvalue weighted by atomic mass is 10.3. The first-order valence-corrected chi connectivity index (χ1v) is 4.55. The Morgan fingerprint density at radius 3 is 2.86 bits per heavy atom. The number of nitrogens with two attached hydrogens (primary N) is 1. The van der Waals surface area contributed by atoms with Crippen LogP contribution in [0.3, 0.4) is 0 Å². The Morgan fingerprint density at radius 1 is 1.43 bits per heavy atom. The molecule has 2 N–H and O–H groups in total. The van der Waals surface area contributed by atoms with E-state index in [9.17, 15) is 0 Å². The Balaban J connectivity index is 2.07. The van der Waals surface area contributed by atoms with Crippen molar-refractivity contribution in [3.05, 3.63) is 11.8 Å². The highest BCUT2D eigenvalue weighted by Crippen LogP contribution is 2.20. The summed E-state index contributed by atoms with van der Waals surface area (Å²) < 4.78 is 15.9. The number of ether oxygens (including phenoxy) is 2. The monoisotopic (exact) mass is 199 g/mol. The highest BCUT2D eigenvalue weighted by Gasteiger charge is 2.23. The summed E-state index contributed by atoms with van der Waals surface area (Å²) in [5.41, 5.74) is 5.59. The van der Waals surface area contributed by atoms with Crippen molar-refractivity contribution in [2.75, 3.05) is 19.8 Å². The van der Waals surface area contributed by atoms with Gasteiger partial charge in [0.1, 0.15) is 0 Å². The molecule has 2 atom stereocenters. The van der Waals surface area contributed by atoms with Crippen molar-refractivity contribution in [3.8, 4) is 0 Å². The predicted molar refractivity (Wildman–Crippen MR) is 46.4 cm³/mol. The summed E-state index contributed by atoms with van der Waals surface area (Å²) in [6, 6.07) is -0.249. The van der Waals surface area contributed by atoms with Crippen LogP contribution in [0.5, 0.6) is 0 Å². The van der Waals surface area contributed by atoms with Crippen LogP contribution in [0.4, 0.5) is 0 Å². The Labute approximate surface area is 81.4 Å². The molecule has 1 aliphatic rings.